The van der Waals surface area contributed by atoms with E-state index < -0.39 is 11.9 Å². The lowest BCUT2D eigenvalue weighted by Crippen LogP contribution is -2.32. The summed E-state index contributed by atoms with van der Waals surface area (Å²) in [5, 5.41) is 18.1. The lowest BCUT2D eigenvalue weighted by Gasteiger charge is -2.28. The number of hydrogen-bond acceptors (Lipinski definition) is 3. The van der Waals surface area contributed by atoms with Crippen LogP contribution in [0.15, 0.2) is 12.3 Å². The Morgan fingerprint density at radius 2 is 2.15 bits per heavy atom. The van der Waals surface area contributed by atoms with E-state index in [1.165, 1.54) is 4.90 Å². The Balaban J connectivity index is 2.43. The van der Waals surface area contributed by atoms with Gasteiger partial charge in [-0.05, 0) is 26.8 Å². The molecule has 1 amide bonds. The zero-order valence-electron chi connectivity index (χ0n) is 11.8. The average molecular weight is 275 g/mol. The predicted molar refractivity (Wildman–Crippen MR) is 72.2 cm³/mol. The smallest absolute Gasteiger partial charge is 0.308 e. The second-order valence-corrected chi connectivity index (χ2v) is 5.98. The number of carbonyl (C=O) groups excluding carboxylic acids is 1. The van der Waals surface area contributed by atoms with Gasteiger partial charge in [-0.3, -0.25) is 14.5 Å². The molecule has 6 heteroatoms. The van der Waals surface area contributed by atoms with Gasteiger partial charge in [-0.2, -0.15) is 5.26 Å². The van der Waals surface area contributed by atoms with Crippen molar-refractivity contribution in [2.24, 2.45) is 5.92 Å². The van der Waals surface area contributed by atoms with Gasteiger partial charge in [0.2, 0.25) is 5.91 Å². The molecule has 2 rings (SSSR count). The van der Waals surface area contributed by atoms with Gasteiger partial charge < -0.3 is 9.67 Å². The maximum Gasteiger partial charge on any atom is 0.308 e. The van der Waals surface area contributed by atoms with Gasteiger partial charge in [0.25, 0.3) is 0 Å². The summed E-state index contributed by atoms with van der Waals surface area (Å²) >= 11 is 0. The molecule has 1 saturated heterocycles. The summed E-state index contributed by atoms with van der Waals surface area (Å²) in [6, 6.07) is 3.69. The number of nitrogens with zero attached hydrogens (tertiary/aromatic N) is 3. The molecular formula is C14H17N3O3. The number of carboxylic acid groups (broad SMARTS) is 1. The molecule has 1 aliphatic heterocycles. The standard InChI is InChI=1S/C14H17N3O3/c1-14(2,3)17-7-9(6-15)4-11(17)16-8-10(13(19)20)5-12(16)18/h4,7,10H,5,8H2,1-3H3,(H,19,20). The third-order valence-electron chi connectivity index (χ3n) is 3.40. The van der Waals surface area contributed by atoms with Gasteiger partial charge in [0.1, 0.15) is 11.9 Å². The van der Waals surface area contributed by atoms with E-state index in [-0.39, 0.29) is 24.4 Å². The van der Waals surface area contributed by atoms with E-state index in [9.17, 15) is 9.59 Å². The number of amides is 1. The first-order chi connectivity index (χ1) is 9.24. The highest BCUT2D eigenvalue weighted by Crippen LogP contribution is 2.31. The lowest BCUT2D eigenvalue weighted by atomic mass is 10.1. The number of nitriles is 1. The van der Waals surface area contributed by atoms with Gasteiger partial charge in [0.15, 0.2) is 0 Å². The third kappa shape index (κ3) is 2.39. The van der Waals surface area contributed by atoms with Crippen molar-refractivity contribution in [2.75, 3.05) is 11.4 Å². The topological polar surface area (TPSA) is 86.3 Å². The van der Waals surface area contributed by atoms with Crippen LogP contribution in [0, 0.1) is 17.2 Å². The molecule has 6 nitrogen and oxygen atoms in total. The van der Waals surface area contributed by atoms with Crippen molar-refractivity contribution in [3.8, 4) is 6.07 Å². The summed E-state index contributed by atoms with van der Waals surface area (Å²) < 4.78 is 1.84. The van der Waals surface area contributed by atoms with Crippen molar-refractivity contribution in [3.05, 3.63) is 17.8 Å². The van der Waals surface area contributed by atoms with Crippen molar-refractivity contribution in [1.29, 1.82) is 5.26 Å². The molecule has 1 aromatic heterocycles. The molecule has 0 saturated carbocycles. The third-order valence-corrected chi connectivity index (χ3v) is 3.40. The van der Waals surface area contributed by atoms with Crippen LogP contribution in [0.4, 0.5) is 5.82 Å². The molecule has 1 aliphatic rings. The van der Waals surface area contributed by atoms with Gasteiger partial charge in [0.05, 0.1) is 11.5 Å². The van der Waals surface area contributed by atoms with Crippen molar-refractivity contribution in [1.82, 2.24) is 4.57 Å². The predicted octanol–water partition coefficient (Wildman–Crippen LogP) is 1.55. The molecular weight excluding hydrogens is 258 g/mol. The first-order valence-electron chi connectivity index (χ1n) is 6.40. The zero-order valence-corrected chi connectivity index (χ0v) is 11.8. The number of carbonyl (C=O) groups is 2. The van der Waals surface area contributed by atoms with Gasteiger partial charge in [-0.1, -0.05) is 0 Å². The molecule has 0 aromatic carbocycles. The Morgan fingerprint density at radius 1 is 1.50 bits per heavy atom. The number of aliphatic carboxylic acids is 1. The highest BCUT2D eigenvalue weighted by Gasteiger charge is 2.37. The Kier molecular flexibility index (Phi) is 3.30. The van der Waals surface area contributed by atoms with E-state index in [0.717, 1.165) is 0 Å². The Bertz CT molecular complexity index is 604. The van der Waals surface area contributed by atoms with Crippen molar-refractivity contribution in [3.63, 3.8) is 0 Å². The highest BCUT2D eigenvalue weighted by molar-refractivity contribution is 5.98. The molecule has 1 atom stereocenters. The Labute approximate surface area is 117 Å². The van der Waals surface area contributed by atoms with Gasteiger partial charge >= 0.3 is 5.97 Å². The Hall–Kier alpha value is -2.29. The van der Waals surface area contributed by atoms with Crippen LogP contribution in [0.2, 0.25) is 0 Å². The van der Waals surface area contributed by atoms with Gasteiger partial charge in [-0.15, -0.1) is 0 Å². The minimum Gasteiger partial charge on any atom is -0.481 e. The van der Waals surface area contributed by atoms with E-state index in [1.54, 1.807) is 12.3 Å². The maximum atomic E-state index is 12.0. The largest absolute Gasteiger partial charge is 0.481 e. The number of aromatic nitrogens is 1. The van der Waals surface area contributed by atoms with Crippen molar-refractivity contribution < 1.29 is 14.7 Å². The van der Waals surface area contributed by atoms with Crippen LogP contribution in [-0.4, -0.2) is 28.1 Å². The van der Waals surface area contributed by atoms with E-state index >= 15 is 0 Å². The first kappa shape index (κ1) is 14.1. The zero-order chi connectivity index (χ0) is 15.1. The minimum atomic E-state index is -0.963. The van der Waals surface area contributed by atoms with E-state index in [2.05, 4.69) is 6.07 Å². The van der Waals surface area contributed by atoms with Crippen LogP contribution in [0.25, 0.3) is 0 Å². The van der Waals surface area contributed by atoms with E-state index in [0.29, 0.717) is 11.4 Å². The maximum absolute atomic E-state index is 12.0. The summed E-state index contributed by atoms with van der Waals surface area (Å²) in [6.45, 7) is 6.05. The SMILES string of the molecule is CC(C)(C)n1cc(C#N)cc1N1CC(C(=O)O)CC1=O. The fourth-order valence-electron chi connectivity index (χ4n) is 2.35. The van der Waals surface area contributed by atoms with Gasteiger partial charge in [-0.25, -0.2) is 0 Å². The minimum absolute atomic E-state index is 0.00649. The second-order valence-electron chi connectivity index (χ2n) is 5.98. The average Bonchev–Trinajstić information content (AvgIpc) is 2.91. The molecule has 0 aliphatic carbocycles. The summed E-state index contributed by atoms with van der Waals surface area (Å²) in [4.78, 5) is 24.5. The normalized spacial score (nSPS) is 19.2. The molecule has 106 valence electrons. The molecule has 0 radical (unpaired) electrons. The fraction of sp³-hybridized carbons (Fsp3) is 0.500. The van der Waals surface area contributed by atoms with E-state index in [1.807, 2.05) is 25.3 Å². The molecule has 0 bridgehead atoms. The molecule has 20 heavy (non-hydrogen) atoms. The number of anilines is 1. The molecule has 1 unspecified atom stereocenters. The van der Waals surface area contributed by atoms with Crippen LogP contribution in [0.1, 0.15) is 32.8 Å². The molecule has 1 N–H and O–H groups in total. The van der Waals surface area contributed by atoms with Crippen LogP contribution >= 0.6 is 0 Å². The first-order valence-corrected chi connectivity index (χ1v) is 6.40. The van der Waals surface area contributed by atoms with Crippen molar-refractivity contribution in [2.45, 2.75) is 32.7 Å². The summed E-state index contributed by atoms with van der Waals surface area (Å²) in [6.07, 6.45) is 1.70. The Morgan fingerprint density at radius 3 is 2.60 bits per heavy atom. The lowest BCUT2D eigenvalue weighted by molar-refractivity contribution is -0.141. The van der Waals surface area contributed by atoms with Crippen molar-refractivity contribution >= 4 is 17.7 Å². The van der Waals surface area contributed by atoms with E-state index in [4.69, 9.17) is 10.4 Å². The van der Waals surface area contributed by atoms with Crippen LogP contribution in [-0.2, 0) is 15.1 Å². The number of carboxylic acids is 1. The fourth-order valence-corrected chi connectivity index (χ4v) is 2.35. The highest BCUT2D eigenvalue weighted by atomic mass is 16.4. The summed E-state index contributed by atoms with van der Waals surface area (Å²) in [5.41, 5.74) is 0.160. The second kappa shape index (κ2) is 4.67. The quantitative estimate of drug-likeness (QED) is 0.887. The monoisotopic (exact) mass is 275 g/mol. The summed E-state index contributed by atoms with van der Waals surface area (Å²) in [7, 11) is 0. The van der Waals surface area contributed by atoms with Crippen LogP contribution in [0.5, 0.6) is 0 Å². The molecule has 2 heterocycles. The van der Waals surface area contributed by atoms with Crippen LogP contribution in [0.3, 0.4) is 0 Å². The molecule has 0 spiro atoms. The molecule has 1 fully saturated rings. The number of hydrogen-bond donors (Lipinski definition) is 1. The number of rotatable bonds is 2. The van der Waals surface area contributed by atoms with Gasteiger partial charge in [0, 0.05) is 24.7 Å². The van der Waals surface area contributed by atoms with Crippen LogP contribution < -0.4 is 4.90 Å². The molecule has 1 aromatic rings. The summed E-state index contributed by atoms with van der Waals surface area (Å²) in [5.74, 6) is -1.28.